The maximum absolute atomic E-state index is 4.24. The van der Waals surface area contributed by atoms with Gasteiger partial charge >= 0.3 is 0 Å². The Hall–Kier alpha value is -2.46. The van der Waals surface area contributed by atoms with Crippen LogP contribution in [0.1, 0.15) is 24.1 Å². The molecule has 4 heteroatoms. The number of rotatable bonds is 5. The van der Waals surface area contributed by atoms with Crippen molar-refractivity contribution in [2.45, 2.75) is 19.5 Å². The van der Waals surface area contributed by atoms with E-state index in [0.717, 1.165) is 12.2 Å². The van der Waals surface area contributed by atoms with Crippen molar-refractivity contribution in [2.75, 3.05) is 7.05 Å². The van der Waals surface area contributed by atoms with Gasteiger partial charge in [-0.3, -0.25) is 9.88 Å². The largest absolute Gasteiger partial charge is 0.295 e. The molecule has 0 bridgehead atoms. The number of hydrogen-bond acceptors (Lipinski definition) is 3. The van der Waals surface area contributed by atoms with E-state index >= 15 is 0 Å². The van der Waals surface area contributed by atoms with Crippen LogP contribution in [-0.4, -0.2) is 26.7 Å². The average molecular weight is 292 g/mol. The standard InChI is InChI=1S/C18H20N4/c1-15(17-5-3-10-19-13-17)21(2)14-16-6-8-18(9-7-16)22-12-4-11-20-22/h3-13,15H,14H2,1-2H3/t15-/m1/s1. The highest BCUT2D eigenvalue weighted by Crippen LogP contribution is 2.20. The van der Waals surface area contributed by atoms with Crippen molar-refractivity contribution >= 4 is 0 Å². The van der Waals surface area contributed by atoms with Crippen molar-refractivity contribution < 1.29 is 0 Å². The topological polar surface area (TPSA) is 34.0 Å². The minimum atomic E-state index is 0.333. The third kappa shape index (κ3) is 3.23. The maximum Gasteiger partial charge on any atom is 0.0645 e. The molecule has 0 fully saturated rings. The van der Waals surface area contributed by atoms with Crippen molar-refractivity contribution in [3.05, 3.63) is 78.4 Å². The lowest BCUT2D eigenvalue weighted by Gasteiger charge is -2.25. The first kappa shape index (κ1) is 14.5. The van der Waals surface area contributed by atoms with Crippen molar-refractivity contribution in [3.8, 4) is 5.69 Å². The summed E-state index contributed by atoms with van der Waals surface area (Å²) in [6.07, 6.45) is 7.48. The zero-order valence-electron chi connectivity index (χ0n) is 12.9. The van der Waals surface area contributed by atoms with E-state index in [0.29, 0.717) is 6.04 Å². The van der Waals surface area contributed by atoms with E-state index in [2.05, 4.69) is 59.3 Å². The molecule has 0 saturated heterocycles. The predicted molar refractivity (Wildman–Crippen MR) is 87.7 cm³/mol. The molecule has 2 aromatic heterocycles. The lowest BCUT2D eigenvalue weighted by atomic mass is 10.1. The number of hydrogen-bond donors (Lipinski definition) is 0. The average Bonchev–Trinajstić information content (AvgIpc) is 3.10. The number of nitrogens with zero attached hydrogens (tertiary/aromatic N) is 4. The highest BCUT2D eigenvalue weighted by Gasteiger charge is 2.12. The van der Waals surface area contributed by atoms with Crippen LogP contribution in [0.3, 0.4) is 0 Å². The van der Waals surface area contributed by atoms with Crippen LogP contribution < -0.4 is 0 Å². The molecular formula is C18H20N4. The lowest BCUT2D eigenvalue weighted by Crippen LogP contribution is -2.22. The summed E-state index contributed by atoms with van der Waals surface area (Å²) < 4.78 is 1.87. The molecule has 2 heterocycles. The van der Waals surface area contributed by atoms with Crippen LogP contribution in [-0.2, 0) is 6.54 Å². The van der Waals surface area contributed by atoms with E-state index in [-0.39, 0.29) is 0 Å². The highest BCUT2D eigenvalue weighted by molar-refractivity contribution is 5.33. The summed E-state index contributed by atoms with van der Waals surface area (Å²) in [5.74, 6) is 0. The molecule has 0 N–H and O–H groups in total. The van der Waals surface area contributed by atoms with Gasteiger partial charge in [0, 0.05) is 37.4 Å². The van der Waals surface area contributed by atoms with Crippen LogP contribution >= 0.6 is 0 Å². The molecule has 0 amide bonds. The second kappa shape index (κ2) is 6.54. The lowest BCUT2D eigenvalue weighted by molar-refractivity contribution is 0.252. The van der Waals surface area contributed by atoms with Crippen LogP contribution in [0.2, 0.25) is 0 Å². The maximum atomic E-state index is 4.24. The number of pyridine rings is 1. The Morgan fingerprint density at radius 1 is 1.09 bits per heavy atom. The Balaban J connectivity index is 1.68. The molecule has 22 heavy (non-hydrogen) atoms. The quantitative estimate of drug-likeness (QED) is 0.722. The van der Waals surface area contributed by atoms with Crippen LogP contribution in [0.15, 0.2) is 67.3 Å². The van der Waals surface area contributed by atoms with Crippen molar-refractivity contribution in [3.63, 3.8) is 0 Å². The van der Waals surface area contributed by atoms with E-state index in [1.54, 1.807) is 6.20 Å². The zero-order chi connectivity index (χ0) is 15.4. The second-order valence-electron chi connectivity index (χ2n) is 5.49. The van der Waals surface area contributed by atoms with E-state index in [1.165, 1.54) is 11.1 Å². The summed E-state index contributed by atoms with van der Waals surface area (Å²) in [5, 5.41) is 4.24. The fourth-order valence-corrected chi connectivity index (χ4v) is 2.48. The first-order chi connectivity index (χ1) is 10.7. The summed E-state index contributed by atoms with van der Waals surface area (Å²) in [6.45, 7) is 3.10. The minimum Gasteiger partial charge on any atom is -0.295 e. The summed E-state index contributed by atoms with van der Waals surface area (Å²) >= 11 is 0. The van der Waals surface area contributed by atoms with Gasteiger partial charge in [0.1, 0.15) is 0 Å². The van der Waals surface area contributed by atoms with Crippen LogP contribution in [0.5, 0.6) is 0 Å². The van der Waals surface area contributed by atoms with Gasteiger partial charge < -0.3 is 0 Å². The fraction of sp³-hybridized carbons (Fsp3) is 0.222. The number of benzene rings is 1. The monoisotopic (exact) mass is 292 g/mol. The first-order valence-corrected chi connectivity index (χ1v) is 7.43. The van der Waals surface area contributed by atoms with Crippen molar-refractivity contribution in [2.24, 2.45) is 0 Å². The van der Waals surface area contributed by atoms with Gasteiger partial charge in [0.15, 0.2) is 0 Å². The van der Waals surface area contributed by atoms with Gasteiger partial charge in [0.05, 0.1) is 5.69 Å². The van der Waals surface area contributed by atoms with E-state index < -0.39 is 0 Å². The normalized spacial score (nSPS) is 12.5. The van der Waals surface area contributed by atoms with Gasteiger partial charge in [-0.25, -0.2) is 4.68 Å². The van der Waals surface area contributed by atoms with Gasteiger partial charge in [0.25, 0.3) is 0 Å². The summed E-state index contributed by atoms with van der Waals surface area (Å²) in [7, 11) is 2.14. The van der Waals surface area contributed by atoms with Crippen molar-refractivity contribution in [1.82, 2.24) is 19.7 Å². The van der Waals surface area contributed by atoms with Crippen LogP contribution in [0.4, 0.5) is 0 Å². The third-order valence-corrected chi connectivity index (χ3v) is 3.97. The Bertz CT molecular complexity index is 690. The number of aromatic nitrogens is 3. The highest BCUT2D eigenvalue weighted by atomic mass is 15.3. The summed E-state index contributed by atoms with van der Waals surface area (Å²) in [5.41, 5.74) is 3.60. The molecular weight excluding hydrogens is 272 g/mol. The third-order valence-electron chi connectivity index (χ3n) is 3.97. The molecule has 0 aliphatic carbocycles. The predicted octanol–water partition coefficient (Wildman–Crippen LogP) is 3.46. The molecule has 0 aliphatic heterocycles. The summed E-state index contributed by atoms with van der Waals surface area (Å²) in [4.78, 5) is 6.52. The Morgan fingerprint density at radius 3 is 2.55 bits per heavy atom. The fourth-order valence-electron chi connectivity index (χ4n) is 2.48. The molecule has 1 atom stereocenters. The SMILES string of the molecule is C[C@H](c1cccnc1)N(C)Cc1ccc(-n2cccn2)cc1. The van der Waals surface area contributed by atoms with E-state index in [1.807, 2.05) is 35.4 Å². The Kier molecular flexibility index (Phi) is 4.30. The van der Waals surface area contributed by atoms with Crippen LogP contribution in [0, 0.1) is 0 Å². The molecule has 4 nitrogen and oxygen atoms in total. The van der Waals surface area contributed by atoms with E-state index in [4.69, 9.17) is 0 Å². The molecule has 0 unspecified atom stereocenters. The minimum absolute atomic E-state index is 0.333. The van der Waals surface area contributed by atoms with Gasteiger partial charge in [-0.05, 0) is 49.4 Å². The zero-order valence-corrected chi connectivity index (χ0v) is 12.9. The molecule has 3 rings (SSSR count). The van der Waals surface area contributed by atoms with Gasteiger partial charge in [-0.1, -0.05) is 18.2 Å². The van der Waals surface area contributed by atoms with Crippen LogP contribution in [0.25, 0.3) is 5.69 Å². The van der Waals surface area contributed by atoms with E-state index in [9.17, 15) is 0 Å². The first-order valence-electron chi connectivity index (χ1n) is 7.43. The van der Waals surface area contributed by atoms with Gasteiger partial charge in [-0.2, -0.15) is 5.10 Å². The summed E-state index contributed by atoms with van der Waals surface area (Å²) in [6, 6.07) is 14.9. The molecule has 3 aromatic rings. The molecule has 0 spiro atoms. The molecule has 0 radical (unpaired) electrons. The second-order valence-corrected chi connectivity index (χ2v) is 5.49. The molecule has 0 aliphatic rings. The van der Waals surface area contributed by atoms with Gasteiger partial charge in [0.2, 0.25) is 0 Å². The Morgan fingerprint density at radius 2 is 1.91 bits per heavy atom. The smallest absolute Gasteiger partial charge is 0.0645 e. The molecule has 1 aromatic carbocycles. The molecule has 0 saturated carbocycles. The van der Waals surface area contributed by atoms with Gasteiger partial charge in [-0.15, -0.1) is 0 Å². The molecule has 112 valence electrons. The van der Waals surface area contributed by atoms with Crippen molar-refractivity contribution in [1.29, 1.82) is 0 Å². The Labute approximate surface area is 131 Å².